The summed E-state index contributed by atoms with van der Waals surface area (Å²) in [6.45, 7) is 3.57. The smallest absolute Gasteiger partial charge is 0.228 e. The van der Waals surface area contributed by atoms with Gasteiger partial charge in [-0.05, 0) is 31.4 Å². The fourth-order valence-electron chi connectivity index (χ4n) is 3.88. The first-order chi connectivity index (χ1) is 14.7. The normalized spacial score (nSPS) is 15.9. The lowest BCUT2D eigenvalue weighted by Crippen LogP contribution is -2.42. The van der Waals surface area contributed by atoms with Gasteiger partial charge >= 0.3 is 0 Å². The van der Waals surface area contributed by atoms with Gasteiger partial charge in [0.25, 0.3) is 0 Å². The minimum atomic E-state index is -0.153. The standard InChI is InChI=1S/C21H27N7O2/c1-3-6-16(19-26-25-17-7-4-5-12-28(17)19)23-20(29)15-9-13-27(14-10-15)21-22-11-8-18(24-21)30-2/h4-5,7-8,11-12,15-16H,3,6,9-10,13-14H2,1-2H3,(H,23,29). The van der Waals surface area contributed by atoms with Gasteiger partial charge in [0, 0.05) is 37.5 Å². The van der Waals surface area contributed by atoms with Crippen LogP contribution < -0.4 is 15.0 Å². The summed E-state index contributed by atoms with van der Waals surface area (Å²) in [6, 6.07) is 7.37. The van der Waals surface area contributed by atoms with Crippen LogP contribution in [-0.2, 0) is 4.79 Å². The average Bonchev–Trinajstić information content (AvgIpc) is 3.23. The average molecular weight is 409 g/mol. The molecule has 3 aromatic heterocycles. The van der Waals surface area contributed by atoms with E-state index >= 15 is 0 Å². The Morgan fingerprint density at radius 2 is 2.10 bits per heavy atom. The molecule has 9 nitrogen and oxygen atoms in total. The minimum Gasteiger partial charge on any atom is -0.481 e. The number of carbonyl (C=O) groups is 1. The molecule has 1 amide bonds. The van der Waals surface area contributed by atoms with Crippen LogP contribution in [0, 0.1) is 5.92 Å². The molecule has 4 rings (SSSR count). The minimum absolute atomic E-state index is 0.0367. The van der Waals surface area contributed by atoms with E-state index in [1.807, 2.05) is 28.8 Å². The molecule has 158 valence electrons. The molecule has 3 aromatic rings. The number of hydrogen-bond donors (Lipinski definition) is 1. The van der Waals surface area contributed by atoms with Crippen LogP contribution in [-0.4, -0.2) is 50.7 Å². The summed E-state index contributed by atoms with van der Waals surface area (Å²) in [5.74, 6) is 2.01. The zero-order valence-electron chi connectivity index (χ0n) is 17.4. The Morgan fingerprint density at radius 1 is 1.27 bits per heavy atom. The molecule has 0 bridgehead atoms. The maximum Gasteiger partial charge on any atom is 0.228 e. The molecule has 0 aromatic carbocycles. The number of nitrogens with one attached hydrogen (secondary N) is 1. The number of aromatic nitrogens is 5. The number of fused-ring (bicyclic) bond motifs is 1. The SMILES string of the molecule is CCCC(NC(=O)C1CCN(c2nccc(OC)n2)CC1)c1nnc2ccccn12. The summed E-state index contributed by atoms with van der Waals surface area (Å²) in [7, 11) is 1.59. The number of piperidine rings is 1. The fourth-order valence-corrected chi connectivity index (χ4v) is 3.88. The van der Waals surface area contributed by atoms with E-state index in [0.717, 1.165) is 50.2 Å². The van der Waals surface area contributed by atoms with Crippen molar-refractivity contribution < 1.29 is 9.53 Å². The molecule has 1 fully saturated rings. The van der Waals surface area contributed by atoms with Gasteiger partial charge in [-0.25, -0.2) is 4.98 Å². The number of pyridine rings is 1. The van der Waals surface area contributed by atoms with Crippen LogP contribution >= 0.6 is 0 Å². The highest BCUT2D eigenvalue weighted by atomic mass is 16.5. The third-order valence-corrected chi connectivity index (χ3v) is 5.52. The Kier molecular flexibility index (Phi) is 6.06. The summed E-state index contributed by atoms with van der Waals surface area (Å²) >= 11 is 0. The molecular formula is C21H27N7O2. The van der Waals surface area contributed by atoms with Gasteiger partial charge in [-0.3, -0.25) is 9.20 Å². The molecule has 0 spiro atoms. The topological polar surface area (TPSA) is 97.5 Å². The van der Waals surface area contributed by atoms with Gasteiger partial charge in [-0.15, -0.1) is 10.2 Å². The predicted octanol–water partition coefficient (Wildman–Crippen LogP) is 2.40. The quantitative estimate of drug-likeness (QED) is 0.640. The first-order valence-electron chi connectivity index (χ1n) is 10.4. The third kappa shape index (κ3) is 4.19. The summed E-state index contributed by atoms with van der Waals surface area (Å²) in [4.78, 5) is 23.8. The van der Waals surface area contributed by atoms with Gasteiger partial charge in [0.05, 0.1) is 13.2 Å². The van der Waals surface area contributed by atoms with Crippen molar-refractivity contribution >= 4 is 17.5 Å². The first kappa shape index (κ1) is 20.1. The zero-order chi connectivity index (χ0) is 20.9. The lowest BCUT2D eigenvalue weighted by atomic mass is 9.95. The van der Waals surface area contributed by atoms with Crippen molar-refractivity contribution in [3.05, 3.63) is 42.5 Å². The monoisotopic (exact) mass is 409 g/mol. The number of amides is 1. The van der Waals surface area contributed by atoms with Gasteiger partial charge in [-0.1, -0.05) is 19.4 Å². The first-order valence-corrected chi connectivity index (χ1v) is 10.4. The highest BCUT2D eigenvalue weighted by Gasteiger charge is 2.29. The van der Waals surface area contributed by atoms with Gasteiger partial charge in [0.2, 0.25) is 17.7 Å². The highest BCUT2D eigenvalue weighted by molar-refractivity contribution is 5.79. The molecule has 1 N–H and O–H groups in total. The second kappa shape index (κ2) is 9.06. The molecule has 0 aliphatic carbocycles. The second-order valence-corrected chi connectivity index (χ2v) is 7.50. The van der Waals surface area contributed by atoms with Crippen LogP contribution in [0.3, 0.4) is 0 Å². The number of nitrogens with zero attached hydrogens (tertiary/aromatic N) is 6. The van der Waals surface area contributed by atoms with Gasteiger partial charge in [0.15, 0.2) is 11.5 Å². The summed E-state index contributed by atoms with van der Waals surface area (Å²) in [5, 5.41) is 11.8. The Hall–Kier alpha value is -3.23. The molecule has 30 heavy (non-hydrogen) atoms. The molecule has 9 heteroatoms. The Labute approximate surface area is 175 Å². The summed E-state index contributed by atoms with van der Waals surface area (Å²) < 4.78 is 7.13. The van der Waals surface area contributed by atoms with Crippen LogP contribution in [0.15, 0.2) is 36.7 Å². The number of carbonyl (C=O) groups excluding carboxylic acids is 1. The third-order valence-electron chi connectivity index (χ3n) is 5.52. The number of ether oxygens (including phenoxy) is 1. The van der Waals surface area contributed by atoms with Crippen molar-refractivity contribution in [3.8, 4) is 5.88 Å². The number of anilines is 1. The Bertz CT molecular complexity index is 998. The van der Waals surface area contributed by atoms with E-state index in [4.69, 9.17) is 4.74 Å². The van der Waals surface area contributed by atoms with Crippen molar-refractivity contribution in [2.24, 2.45) is 5.92 Å². The lowest BCUT2D eigenvalue weighted by molar-refractivity contribution is -0.126. The van der Waals surface area contributed by atoms with Crippen LogP contribution in [0.5, 0.6) is 5.88 Å². The maximum absolute atomic E-state index is 13.0. The maximum atomic E-state index is 13.0. The van der Waals surface area contributed by atoms with Crippen molar-refractivity contribution in [1.29, 1.82) is 0 Å². The van der Waals surface area contributed by atoms with E-state index in [2.05, 4.69) is 37.3 Å². The Balaban J connectivity index is 1.40. The van der Waals surface area contributed by atoms with Gasteiger partial charge in [-0.2, -0.15) is 4.98 Å². The Morgan fingerprint density at radius 3 is 2.87 bits per heavy atom. The van der Waals surface area contributed by atoms with Crippen LogP contribution in [0.25, 0.3) is 5.65 Å². The predicted molar refractivity (Wildman–Crippen MR) is 112 cm³/mol. The molecule has 1 atom stereocenters. The fraction of sp³-hybridized carbons (Fsp3) is 0.476. The highest BCUT2D eigenvalue weighted by Crippen LogP contribution is 2.24. The molecule has 0 saturated carbocycles. The number of methoxy groups -OCH3 is 1. The number of rotatable bonds is 7. The van der Waals surface area contributed by atoms with Crippen LogP contribution in [0.1, 0.15) is 44.5 Å². The van der Waals surface area contributed by atoms with E-state index in [-0.39, 0.29) is 17.9 Å². The summed E-state index contributed by atoms with van der Waals surface area (Å²) in [5.41, 5.74) is 0.787. The van der Waals surface area contributed by atoms with Crippen LogP contribution in [0.4, 0.5) is 5.95 Å². The second-order valence-electron chi connectivity index (χ2n) is 7.50. The van der Waals surface area contributed by atoms with Crippen molar-refractivity contribution in [2.45, 2.75) is 38.6 Å². The van der Waals surface area contributed by atoms with E-state index in [0.29, 0.717) is 11.8 Å². The molecule has 1 aliphatic heterocycles. The largest absolute Gasteiger partial charge is 0.481 e. The van der Waals surface area contributed by atoms with E-state index in [9.17, 15) is 4.79 Å². The molecular weight excluding hydrogens is 382 g/mol. The van der Waals surface area contributed by atoms with E-state index in [1.54, 1.807) is 19.4 Å². The molecule has 4 heterocycles. The van der Waals surface area contributed by atoms with Crippen LogP contribution in [0.2, 0.25) is 0 Å². The van der Waals surface area contributed by atoms with Crippen molar-refractivity contribution in [1.82, 2.24) is 29.9 Å². The van der Waals surface area contributed by atoms with Gasteiger partial charge < -0.3 is 15.0 Å². The molecule has 1 aliphatic rings. The molecule has 1 saturated heterocycles. The molecule has 1 unspecified atom stereocenters. The van der Waals surface area contributed by atoms with Gasteiger partial charge in [0.1, 0.15) is 0 Å². The number of hydrogen-bond acceptors (Lipinski definition) is 7. The van der Waals surface area contributed by atoms with E-state index < -0.39 is 0 Å². The van der Waals surface area contributed by atoms with E-state index in [1.165, 1.54) is 0 Å². The van der Waals surface area contributed by atoms with Crippen molar-refractivity contribution in [2.75, 3.05) is 25.1 Å². The van der Waals surface area contributed by atoms with Crippen molar-refractivity contribution in [3.63, 3.8) is 0 Å². The lowest BCUT2D eigenvalue weighted by Gasteiger charge is -2.32. The zero-order valence-corrected chi connectivity index (χ0v) is 17.4. The summed E-state index contributed by atoms with van der Waals surface area (Å²) in [6.07, 6.45) is 6.90. The molecule has 0 radical (unpaired) electrons.